The average molecular weight is 290 g/mol. The van der Waals surface area contributed by atoms with E-state index < -0.39 is 0 Å². The summed E-state index contributed by atoms with van der Waals surface area (Å²) >= 11 is 0. The van der Waals surface area contributed by atoms with Crippen LogP contribution in [0.25, 0.3) is 0 Å². The summed E-state index contributed by atoms with van der Waals surface area (Å²) < 4.78 is 11.5. The molecule has 3 N–H and O–H groups in total. The molecule has 0 radical (unpaired) electrons. The van der Waals surface area contributed by atoms with Crippen molar-refractivity contribution in [2.45, 2.75) is 45.6 Å². The quantitative estimate of drug-likeness (QED) is 0.663. The van der Waals surface area contributed by atoms with Crippen molar-refractivity contribution in [3.05, 3.63) is 23.8 Å². The van der Waals surface area contributed by atoms with E-state index in [0.717, 1.165) is 24.5 Å². The maximum absolute atomic E-state index is 5.89. The normalized spacial score (nSPS) is 25.4. The third kappa shape index (κ3) is 2.87. The average Bonchev–Trinajstić information content (AvgIpc) is 2.69. The number of fused-ring (bicyclic) bond motifs is 1. The van der Waals surface area contributed by atoms with E-state index in [1.165, 1.54) is 24.8 Å². The van der Waals surface area contributed by atoms with Gasteiger partial charge in [0.25, 0.3) is 0 Å². The Hall–Kier alpha value is -1.26. The smallest absolute Gasteiger partial charge is 0.161 e. The van der Waals surface area contributed by atoms with Crippen LogP contribution in [0.15, 0.2) is 18.2 Å². The van der Waals surface area contributed by atoms with Crippen molar-refractivity contribution in [3.8, 4) is 11.5 Å². The highest BCUT2D eigenvalue weighted by molar-refractivity contribution is 5.44. The first-order chi connectivity index (χ1) is 10.1. The molecule has 3 rings (SSSR count). The highest BCUT2D eigenvalue weighted by atomic mass is 16.5. The first-order valence-electron chi connectivity index (χ1n) is 7.97. The van der Waals surface area contributed by atoms with Gasteiger partial charge >= 0.3 is 0 Å². The van der Waals surface area contributed by atoms with Crippen LogP contribution < -0.4 is 20.7 Å². The third-order valence-corrected chi connectivity index (χ3v) is 5.05. The maximum Gasteiger partial charge on any atom is 0.161 e. The molecule has 1 aliphatic heterocycles. The van der Waals surface area contributed by atoms with Gasteiger partial charge in [-0.2, -0.15) is 0 Å². The molecule has 1 fully saturated rings. The van der Waals surface area contributed by atoms with Crippen LogP contribution in [-0.2, 0) is 0 Å². The molecule has 2 aliphatic rings. The van der Waals surface area contributed by atoms with Crippen LogP contribution in [0.4, 0.5) is 0 Å². The number of hydrogen-bond donors (Lipinski definition) is 2. The highest BCUT2D eigenvalue weighted by Crippen LogP contribution is 2.49. The SMILES string of the molecule is CC1(C)CCCC1C(NN)c1ccc2c(c1)OCCCO2. The number of hydrogen-bond acceptors (Lipinski definition) is 4. The minimum Gasteiger partial charge on any atom is -0.490 e. The summed E-state index contributed by atoms with van der Waals surface area (Å²) in [6, 6.07) is 6.40. The molecule has 1 heterocycles. The molecule has 0 amide bonds. The lowest BCUT2D eigenvalue weighted by molar-refractivity contribution is 0.198. The topological polar surface area (TPSA) is 56.5 Å². The maximum atomic E-state index is 5.89. The van der Waals surface area contributed by atoms with Crippen LogP contribution in [0.1, 0.15) is 51.1 Å². The zero-order chi connectivity index (χ0) is 14.9. The van der Waals surface area contributed by atoms with E-state index in [4.69, 9.17) is 15.3 Å². The second-order valence-corrected chi connectivity index (χ2v) is 6.89. The van der Waals surface area contributed by atoms with Gasteiger partial charge in [-0.15, -0.1) is 0 Å². The predicted molar refractivity (Wildman–Crippen MR) is 83.2 cm³/mol. The van der Waals surface area contributed by atoms with Crippen molar-refractivity contribution in [1.29, 1.82) is 0 Å². The van der Waals surface area contributed by atoms with Crippen molar-refractivity contribution in [1.82, 2.24) is 5.43 Å². The third-order valence-electron chi connectivity index (χ3n) is 5.05. The van der Waals surface area contributed by atoms with Crippen LogP contribution in [0.2, 0.25) is 0 Å². The molecule has 4 nitrogen and oxygen atoms in total. The molecular formula is C17H26N2O2. The Morgan fingerprint density at radius 3 is 2.62 bits per heavy atom. The molecule has 1 aromatic rings. The lowest BCUT2D eigenvalue weighted by Gasteiger charge is -2.34. The van der Waals surface area contributed by atoms with Crippen molar-refractivity contribution in [2.75, 3.05) is 13.2 Å². The molecular weight excluding hydrogens is 264 g/mol. The fourth-order valence-corrected chi connectivity index (χ4v) is 3.79. The first kappa shape index (κ1) is 14.7. The molecule has 1 saturated carbocycles. The fourth-order valence-electron chi connectivity index (χ4n) is 3.79. The second kappa shape index (κ2) is 5.85. The minimum atomic E-state index is 0.166. The zero-order valence-corrected chi connectivity index (χ0v) is 13.0. The van der Waals surface area contributed by atoms with Crippen LogP contribution in [0.5, 0.6) is 11.5 Å². The molecule has 21 heavy (non-hydrogen) atoms. The van der Waals surface area contributed by atoms with Gasteiger partial charge in [-0.25, -0.2) is 0 Å². The highest BCUT2D eigenvalue weighted by Gasteiger charge is 2.40. The molecule has 1 aromatic carbocycles. The molecule has 2 unspecified atom stereocenters. The number of benzene rings is 1. The van der Waals surface area contributed by atoms with E-state index in [2.05, 4.69) is 31.4 Å². The lowest BCUT2D eigenvalue weighted by atomic mass is 9.75. The molecule has 0 saturated heterocycles. The summed E-state index contributed by atoms with van der Waals surface area (Å²) in [5.41, 5.74) is 4.56. The van der Waals surface area contributed by atoms with Gasteiger partial charge in [0.15, 0.2) is 11.5 Å². The Morgan fingerprint density at radius 2 is 1.95 bits per heavy atom. The van der Waals surface area contributed by atoms with E-state index in [1.54, 1.807) is 0 Å². The molecule has 0 bridgehead atoms. The summed E-state index contributed by atoms with van der Waals surface area (Å²) in [6.07, 6.45) is 4.69. The monoisotopic (exact) mass is 290 g/mol. The number of ether oxygens (including phenoxy) is 2. The number of rotatable bonds is 3. The van der Waals surface area contributed by atoms with Crippen LogP contribution in [0.3, 0.4) is 0 Å². The summed E-state index contributed by atoms with van der Waals surface area (Å²) in [4.78, 5) is 0. The van der Waals surface area contributed by atoms with Crippen molar-refractivity contribution >= 4 is 0 Å². The van der Waals surface area contributed by atoms with Crippen molar-refractivity contribution < 1.29 is 9.47 Å². The molecule has 1 aliphatic carbocycles. The summed E-state index contributed by atoms with van der Waals surface area (Å²) in [7, 11) is 0. The Kier molecular flexibility index (Phi) is 4.09. The Labute approximate surface area is 127 Å². The first-order valence-corrected chi connectivity index (χ1v) is 7.97. The van der Waals surface area contributed by atoms with Crippen molar-refractivity contribution in [2.24, 2.45) is 17.2 Å². The van der Waals surface area contributed by atoms with E-state index in [9.17, 15) is 0 Å². The Morgan fingerprint density at radius 1 is 1.19 bits per heavy atom. The zero-order valence-electron chi connectivity index (χ0n) is 13.0. The fraction of sp³-hybridized carbons (Fsp3) is 0.647. The van der Waals surface area contributed by atoms with Gasteiger partial charge in [0.2, 0.25) is 0 Å². The Balaban J connectivity index is 1.89. The second-order valence-electron chi connectivity index (χ2n) is 6.89. The Bertz CT molecular complexity index is 502. The number of hydrazine groups is 1. The van der Waals surface area contributed by atoms with E-state index >= 15 is 0 Å². The molecule has 4 heteroatoms. The van der Waals surface area contributed by atoms with E-state index in [-0.39, 0.29) is 6.04 Å². The van der Waals surface area contributed by atoms with Gasteiger partial charge in [-0.1, -0.05) is 26.3 Å². The molecule has 116 valence electrons. The number of nitrogens with one attached hydrogen (secondary N) is 1. The number of nitrogens with two attached hydrogens (primary N) is 1. The van der Waals surface area contributed by atoms with Gasteiger partial charge < -0.3 is 9.47 Å². The summed E-state index contributed by atoms with van der Waals surface area (Å²) in [5, 5.41) is 0. The minimum absolute atomic E-state index is 0.166. The van der Waals surface area contributed by atoms with Crippen LogP contribution in [-0.4, -0.2) is 13.2 Å². The summed E-state index contributed by atoms with van der Waals surface area (Å²) in [6.45, 7) is 6.13. The van der Waals surface area contributed by atoms with Gasteiger partial charge in [0.05, 0.1) is 13.2 Å². The summed E-state index contributed by atoms with van der Waals surface area (Å²) in [5.74, 6) is 8.13. The van der Waals surface area contributed by atoms with Crippen molar-refractivity contribution in [3.63, 3.8) is 0 Å². The molecule has 0 spiro atoms. The van der Waals surface area contributed by atoms with Crippen LogP contribution >= 0.6 is 0 Å². The molecule has 0 aromatic heterocycles. The molecule has 2 atom stereocenters. The van der Waals surface area contributed by atoms with Gasteiger partial charge in [0.1, 0.15) is 0 Å². The van der Waals surface area contributed by atoms with Gasteiger partial charge in [-0.05, 0) is 41.9 Å². The van der Waals surface area contributed by atoms with Gasteiger partial charge in [-0.3, -0.25) is 11.3 Å². The van der Waals surface area contributed by atoms with Crippen LogP contribution in [0, 0.1) is 11.3 Å². The largest absolute Gasteiger partial charge is 0.490 e. The standard InChI is InChI=1S/C17H26N2O2/c1-17(2)8-3-5-13(17)16(19-18)12-6-7-14-15(11-12)21-10-4-9-20-14/h6-7,11,13,16,19H,3-5,8-10,18H2,1-2H3. The van der Waals surface area contributed by atoms with E-state index in [1.807, 2.05) is 6.07 Å². The van der Waals surface area contributed by atoms with Gasteiger partial charge in [0, 0.05) is 12.5 Å². The lowest BCUT2D eigenvalue weighted by Crippen LogP contribution is -2.37. The predicted octanol–water partition coefficient (Wildman–Crippen LogP) is 3.18. The van der Waals surface area contributed by atoms with E-state index in [0.29, 0.717) is 17.9 Å².